The predicted molar refractivity (Wildman–Crippen MR) is 94.5 cm³/mol. The number of hydrogen-bond acceptors (Lipinski definition) is 6. The van der Waals surface area contributed by atoms with Gasteiger partial charge in [0.05, 0.1) is 9.79 Å². The third-order valence-electron chi connectivity index (χ3n) is 4.15. The van der Waals surface area contributed by atoms with E-state index < -0.39 is 32.8 Å². The van der Waals surface area contributed by atoms with Crippen LogP contribution in [0, 0.1) is 0 Å². The minimum atomic E-state index is -4.34. The summed E-state index contributed by atoms with van der Waals surface area (Å²) in [5, 5.41) is 5.00. The highest BCUT2D eigenvalue weighted by Gasteiger charge is 2.29. The number of sulfonamides is 2. The highest BCUT2D eigenvalue weighted by atomic mass is 32.2. The van der Waals surface area contributed by atoms with Crippen LogP contribution in [0.4, 0.5) is 13.2 Å². The molecule has 0 spiro atoms. The molecule has 1 aromatic carbocycles. The van der Waals surface area contributed by atoms with Crippen LogP contribution < -0.4 is 5.14 Å². The summed E-state index contributed by atoms with van der Waals surface area (Å²) in [5.41, 5.74) is 0. The molecule has 0 unspecified atom stereocenters. The number of nitrogens with zero attached hydrogens (tertiary/aromatic N) is 2. The molecule has 160 valence electrons. The average molecular weight is 445 g/mol. The molecule has 1 aromatic rings. The summed E-state index contributed by atoms with van der Waals surface area (Å²) in [6.07, 6.45) is -3.93. The van der Waals surface area contributed by atoms with Gasteiger partial charge in [0.1, 0.15) is 6.61 Å². The maximum Gasteiger partial charge on any atom is 0.411 e. The first-order chi connectivity index (χ1) is 12.9. The van der Waals surface area contributed by atoms with Crippen molar-refractivity contribution in [2.45, 2.75) is 22.4 Å². The monoisotopic (exact) mass is 445 g/mol. The van der Waals surface area contributed by atoms with E-state index in [1.165, 1.54) is 16.4 Å². The van der Waals surface area contributed by atoms with Gasteiger partial charge in [-0.05, 0) is 30.7 Å². The Morgan fingerprint density at radius 2 is 1.50 bits per heavy atom. The second-order valence-electron chi connectivity index (χ2n) is 6.28. The van der Waals surface area contributed by atoms with Crippen LogP contribution in [0.3, 0.4) is 0 Å². The van der Waals surface area contributed by atoms with Crippen LogP contribution in [0.1, 0.15) is 6.42 Å². The Kier molecular flexibility index (Phi) is 7.44. The van der Waals surface area contributed by atoms with E-state index in [-0.39, 0.29) is 29.5 Å². The zero-order valence-electron chi connectivity index (χ0n) is 14.9. The SMILES string of the molecule is NS(=O)(=O)c1ccc(S(=O)(=O)N2CCN(CCCOCC(F)(F)F)CC2)cc1. The quantitative estimate of drug-likeness (QED) is 0.587. The lowest BCUT2D eigenvalue weighted by Crippen LogP contribution is -2.48. The first kappa shape index (κ1) is 23.0. The van der Waals surface area contributed by atoms with Crippen LogP contribution in [0.15, 0.2) is 34.1 Å². The van der Waals surface area contributed by atoms with E-state index in [2.05, 4.69) is 4.74 Å². The second-order valence-corrected chi connectivity index (χ2v) is 9.78. The van der Waals surface area contributed by atoms with Gasteiger partial charge in [-0.15, -0.1) is 0 Å². The molecule has 0 aliphatic carbocycles. The maximum atomic E-state index is 12.6. The first-order valence-corrected chi connectivity index (χ1v) is 11.4. The van der Waals surface area contributed by atoms with E-state index in [4.69, 9.17) is 5.14 Å². The van der Waals surface area contributed by atoms with Crippen molar-refractivity contribution >= 4 is 20.0 Å². The minimum absolute atomic E-state index is 0.0194. The van der Waals surface area contributed by atoms with E-state index in [1.807, 2.05) is 4.90 Å². The number of benzene rings is 1. The molecule has 2 N–H and O–H groups in total. The number of primary sulfonamides is 1. The molecule has 0 atom stereocenters. The number of halogens is 3. The Labute approximate surface area is 162 Å². The molecule has 1 fully saturated rings. The second kappa shape index (κ2) is 9.05. The minimum Gasteiger partial charge on any atom is -0.372 e. The first-order valence-electron chi connectivity index (χ1n) is 8.39. The standard InChI is InChI=1S/C15H22F3N3O5S2/c16-15(17,18)12-26-11-1-6-20-7-9-21(10-8-20)28(24,25)14-4-2-13(3-5-14)27(19,22)23/h2-5H,1,6-12H2,(H2,19,22,23). The number of ether oxygens (including phenoxy) is 1. The fourth-order valence-electron chi connectivity index (χ4n) is 2.72. The Bertz CT molecular complexity index is 850. The van der Waals surface area contributed by atoms with Crippen molar-refractivity contribution in [1.29, 1.82) is 0 Å². The van der Waals surface area contributed by atoms with E-state index in [0.29, 0.717) is 26.1 Å². The lowest BCUT2D eigenvalue weighted by Gasteiger charge is -2.34. The molecule has 0 aromatic heterocycles. The number of piperazine rings is 1. The van der Waals surface area contributed by atoms with E-state index in [9.17, 15) is 30.0 Å². The Morgan fingerprint density at radius 1 is 0.964 bits per heavy atom. The molecule has 0 radical (unpaired) electrons. The lowest BCUT2D eigenvalue weighted by molar-refractivity contribution is -0.174. The molecular formula is C15H22F3N3O5S2. The molecule has 1 saturated heterocycles. The van der Waals surface area contributed by atoms with Gasteiger partial charge in [0.25, 0.3) is 0 Å². The van der Waals surface area contributed by atoms with Crippen molar-refractivity contribution in [2.75, 3.05) is 45.9 Å². The molecule has 1 aliphatic heterocycles. The maximum absolute atomic E-state index is 12.6. The number of hydrogen-bond donors (Lipinski definition) is 1. The van der Waals surface area contributed by atoms with E-state index in [1.54, 1.807) is 0 Å². The zero-order valence-corrected chi connectivity index (χ0v) is 16.6. The van der Waals surface area contributed by atoms with Crippen LogP contribution in [0.2, 0.25) is 0 Å². The Morgan fingerprint density at radius 3 is 2.00 bits per heavy atom. The molecule has 1 heterocycles. The van der Waals surface area contributed by atoms with Crippen LogP contribution in [0.5, 0.6) is 0 Å². The average Bonchev–Trinajstić information content (AvgIpc) is 2.60. The summed E-state index contributed by atoms with van der Waals surface area (Å²) in [4.78, 5) is 1.74. The van der Waals surface area contributed by atoms with Crippen molar-refractivity contribution in [3.05, 3.63) is 24.3 Å². The summed E-state index contributed by atoms with van der Waals surface area (Å²) in [6, 6.07) is 4.66. The van der Waals surface area contributed by atoms with Crippen molar-refractivity contribution in [2.24, 2.45) is 5.14 Å². The van der Waals surface area contributed by atoms with Crippen molar-refractivity contribution in [1.82, 2.24) is 9.21 Å². The van der Waals surface area contributed by atoms with Gasteiger partial charge >= 0.3 is 6.18 Å². The topological polar surface area (TPSA) is 110 Å². The smallest absolute Gasteiger partial charge is 0.372 e. The molecule has 0 saturated carbocycles. The van der Waals surface area contributed by atoms with Gasteiger partial charge in [0.2, 0.25) is 20.0 Å². The fraction of sp³-hybridized carbons (Fsp3) is 0.600. The summed E-state index contributed by atoms with van der Waals surface area (Å²) in [7, 11) is -7.68. The summed E-state index contributed by atoms with van der Waals surface area (Å²) in [6.45, 7) is 0.541. The zero-order chi connectivity index (χ0) is 21.0. The predicted octanol–water partition coefficient (Wildman–Crippen LogP) is 0.609. The Balaban J connectivity index is 1.83. The normalized spacial score (nSPS) is 17.7. The van der Waals surface area contributed by atoms with Crippen LogP contribution in [-0.4, -0.2) is 78.2 Å². The van der Waals surface area contributed by atoms with E-state index in [0.717, 1.165) is 12.1 Å². The number of nitrogens with two attached hydrogens (primary N) is 1. The molecule has 13 heteroatoms. The fourth-order valence-corrected chi connectivity index (χ4v) is 4.66. The largest absolute Gasteiger partial charge is 0.411 e. The molecular weight excluding hydrogens is 423 g/mol. The summed E-state index contributed by atoms with van der Waals surface area (Å²) < 4.78 is 89.6. The van der Waals surface area contributed by atoms with Crippen LogP contribution in [0.25, 0.3) is 0 Å². The molecule has 0 amide bonds. The van der Waals surface area contributed by atoms with Gasteiger partial charge in [-0.1, -0.05) is 0 Å². The molecule has 28 heavy (non-hydrogen) atoms. The van der Waals surface area contributed by atoms with Crippen molar-refractivity contribution in [3.8, 4) is 0 Å². The van der Waals surface area contributed by atoms with E-state index >= 15 is 0 Å². The van der Waals surface area contributed by atoms with Crippen LogP contribution >= 0.6 is 0 Å². The summed E-state index contributed by atoms with van der Waals surface area (Å²) >= 11 is 0. The third-order valence-corrected chi connectivity index (χ3v) is 6.99. The Hall–Kier alpha value is -1.25. The van der Waals surface area contributed by atoms with Gasteiger partial charge in [-0.25, -0.2) is 22.0 Å². The molecule has 1 aliphatic rings. The number of rotatable bonds is 8. The third kappa shape index (κ3) is 6.67. The molecule has 0 bridgehead atoms. The molecule has 8 nitrogen and oxygen atoms in total. The highest BCUT2D eigenvalue weighted by molar-refractivity contribution is 7.89. The van der Waals surface area contributed by atoms with Gasteiger partial charge < -0.3 is 9.64 Å². The van der Waals surface area contributed by atoms with Gasteiger partial charge in [-0.3, -0.25) is 0 Å². The summed E-state index contributed by atoms with van der Waals surface area (Å²) in [5.74, 6) is 0. The molecule has 2 rings (SSSR count). The van der Waals surface area contributed by atoms with Crippen LogP contribution in [-0.2, 0) is 24.8 Å². The van der Waals surface area contributed by atoms with Gasteiger partial charge in [0.15, 0.2) is 0 Å². The van der Waals surface area contributed by atoms with Gasteiger partial charge in [-0.2, -0.15) is 17.5 Å². The van der Waals surface area contributed by atoms with Gasteiger partial charge in [0, 0.05) is 39.3 Å². The highest BCUT2D eigenvalue weighted by Crippen LogP contribution is 2.20. The van der Waals surface area contributed by atoms with Crippen molar-refractivity contribution < 1.29 is 34.7 Å². The lowest BCUT2D eigenvalue weighted by atomic mass is 10.3. The van der Waals surface area contributed by atoms with Crippen molar-refractivity contribution in [3.63, 3.8) is 0 Å². The number of alkyl halides is 3.